The van der Waals surface area contributed by atoms with Gasteiger partial charge in [0.15, 0.2) is 0 Å². The Morgan fingerprint density at radius 3 is 2.26 bits per heavy atom. The highest BCUT2D eigenvalue weighted by Crippen LogP contribution is 2.23. The number of carbonyl (C=O) groups excluding carboxylic acids is 2. The Morgan fingerprint density at radius 1 is 1.00 bits per heavy atom. The van der Waals surface area contributed by atoms with Crippen molar-refractivity contribution in [2.75, 3.05) is 0 Å². The van der Waals surface area contributed by atoms with Gasteiger partial charge in [-0.3, -0.25) is 4.79 Å². The summed E-state index contributed by atoms with van der Waals surface area (Å²) in [6.45, 7) is 5.63. The Kier molecular flexibility index (Phi) is 10.0. The molecule has 200 valence electrons. The molecule has 1 atom stereocenters. The predicted molar refractivity (Wildman–Crippen MR) is 148 cm³/mol. The van der Waals surface area contributed by atoms with E-state index in [1.165, 1.54) is 36.5 Å². The fourth-order valence-electron chi connectivity index (χ4n) is 3.34. The number of hydrogen-bond donors (Lipinski definition) is 2. The summed E-state index contributed by atoms with van der Waals surface area (Å²) in [5.74, 6) is -0.890. The van der Waals surface area contributed by atoms with E-state index in [0.29, 0.717) is 10.6 Å². The molecule has 2 N–H and O–H groups in total. The van der Waals surface area contributed by atoms with Gasteiger partial charge < -0.3 is 4.74 Å². The Bertz CT molecular complexity index is 1420. The number of nitrogens with zero attached hydrogens (tertiary/aromatic N) is 1. The summed E-state index contributed by atoms with van der Waals surface area (Å²) in [6.07, 6.45) is 1.67. The summed E-state index contributed by atoms with van der Waals surface area (Å²) in [4.78, 5) is 25.2. The molecule has 8 nitrogen and oxygen atoms in total. The molecule has 0 bridgehead atoms. The molecule has 3 aromatic rings. The molecule has 3 rings (SSSR count). The average molecular weight is 577 g/mol. The summed E-state index contributed by atoms with van der Waals surface area (Å²) >= 11 is 11.9. The quantitative estimate of drug-likeness (QED) is 0.146. The minimum Gasteiger partial charge on any atom is -0.423 e. The van der Waals surface area contributed by atoms with Gasteiger partial charge in [0.05, 0.1) is 21.7 Å². The summed E-state index contributed by atoms with van der Waals surface area (Å²) in [6, 6.07) is 16.2. The number of rotatable bonds is 10. The van der Waals surface area contributed by atoms with Gasteiger partial charge in [-0.05, 0) is 79.4 Å². The van der Waals surface area contributed by atoms with E-state index in [9.17, 15) is 18.0 Å². The van der Waals surface area contributed by atoms with Gasteiger partial charge in [0, 0.05) is 5.02 Å². The normalized spacial score (nSPS) is 12.5. The fraction of sp³-hybridized carbons (Fsp3) is 0.222. The van der Waals surface area contributed by atoms with Crippen LogP contribution in [0.25, 0.3) is 0 Å². The van der Waals surface area contributed by atoms with Crippen LogP contribution >= 0.6 is 23.2 Å². The van der Waals surface area contributed by atoms with Crippen LogP contribution in [-0.4, -0.2) is 32.6 Å². The lowest BCUT2D eigenvalue weighted by Gasteiger charge is -2.19. The van der Waals surface area contributed by atoms with Gasteiger partial charge in [0.2, 0.25) is 10.0 Å². The number of sulfonamides is 1. The highest BCUT2D eigenvalue weighted by molar-refractivity contribution is 7.89. The molecule has 0 unspecified atom stereocenters. The van der Waals surface area contributed by atoms with E-state index < -0.39 is 27.9 Å². The molecule has 0 saturated heterocycles. The number of ether oxygens (including phenoxy) is 1. The zero-order chi connectivity index (χ0) is 27.9. The molecule has 0 saturated carbocycles. The van der Waals surface area contributed by atoms with Crippen LogP contribution in [0, 0.1) is 12.8 Å². The Hall–Kier alpha value is -3.24. The lowest BCUT2D eigenvalue weighted by molar-refractivity contribution is -0.123. The molecular weight excluding hydrogens is 549 g/mol. The highest BCUT2D eigenvalue weighted by atomic mass is 35.5. The lowest BCUT2D eigenvalue weighted by Crippen LogP contribution is -2.46. The van der Waals surface area contributed by atoms with E-state index in [2.05, 4.69) is 15.2 Å². The molecule has 1 amide bonds. The lowest BCUT2D eigenvalue weighted by atomic mass is 10.0. The van der Waals surface area contributed by atoms with E-state index in [1.54, 1.807) is 36.4 Å². The molecule has 0 aliphatic carbocycles. The van der Waals surface area contributed by atoms with Crippen molar-refractivity contribution < 1.29 is 22.7 Å². The first-order chi connectivity index (χ1) is 17.9. The van der Waals surface area contributed by atoms with Crippen LogP contribution in [0.3, 0.4) is 0 Å². The maximum absolute atomic E-state index is 12.8. The molecule has 0 aliphatic heterocycles. The van der Waals surface area contributed by atoms with Crippen LogP contribution in [0.1, 0.15) is 41.8 Å². The minimum absolute atomic E-state index is 0.0495. The van der Waals surface area contributed by atoms with Crippen LogP contribution in [0.2, 0.25) is 10.0 Å². The molecule has 0 spiro atoms. The summed E-state index contributed by atoms with van der Waals surface area (Å²) < 4.78 is 33.4. The van der Waals surface area contributed by atoms with E-state index in [-0.39, 0.29) is 33.6 Å². The second-order valence-corrected chi connectivity index (χ2v) is 11.5. The molecule has 0 heterocycles. The zero-order valence-electron chi connectivity index (χ0n) is 20.9. The smallest absolute Gasteiger partial charge is 0.345 e. The van der Waals surface area contributed by atoms with Crippen molar-refractivity contribution >= 4 is 51.3 Å². The van der Waals surface area contributed by atoms with Gasteiger partial charge in [0.1, 0.15) is 11.8 Å². The summed E-state index contributed by atoms with van der Waals surface area (Å²) in [7, 11) is -3.90. The van der Waals surface area contributed by atoms with Gasteiger partial charge in [-0.15, -0.1) is 0 Å². The maximum Gasteiger partial charge on any atom is 0.345 e. The first-order valence-electron chi connectivity index (χ1n) is 11.6. The number of benzene rings is 3. The number of aryl methyl sites for hydroxylation is 1. The highest BCUT2D eigenvalue weighted by Gasteiger charge is 2.26. The second-order valence-electron chi connectivity index (χ2n) is 8.93. The van der Waals surface area contributed by atoms with Crippen LogP contribution in [-0.2, 0) is 14.8 Å². The standard InChI is InChI=1S/C27H27Cl2N3O5S/c1-17(2)14-25(32-38(35,36)22-11-4-18(3)5-12-22)26(33)31-30-16-19-6-9-21(10-7-19)37-27(34)23-13-8-20(28)15-24(23)29/h4-13,15-17,25,32H,14H2,1-3H3,(H,31,33)/b30-16-/t25-/m0/s1. The second kappa shape index (κ2) is 13.0. The predicted octanol–water partition coefficient (Wildman–Crippen LogP) is 5.36. The van der Waals surface area contributed by atoms with E-state index >= 15 is 0 Å². The van der Waals surface area contributed by atoms with Crippen LogP contribution in [0.4, 0.5) is 0 Å². The fourth-order valence-corrected chi connectivity index (χ4v) is 5.03. The van der Waals surface area contributed by atoms with E-state index in [4.69, 9.17) is 27.9 Å². The largest absolute Gasteiger partial charge is 0.423 e. The van der Waals surface area contributed by atoms with Gasteiger partial charge >= 0.3 is 5.97 Å². The third-order valence-electron chi connectivity index (χ3n) is 5.28. The van der Waals surface area contributed by atoms with Crippen molar-refractivity contribution in [1.29, 1.82) is 0 Å². The third-order valence-corrected chi connectivity index (χ3v) is 7.32. The summed E-state index contributed by atoms with van der Waals surface area (Å²) in [5, 5.41) is 4.53. The number of halogens is 2. The number of carbonyl (C=O) groups is 2. The van der Waals surface area contributed by atoms with Gasteiger partial charge in [-0.25, -0.2) is 18.6 Å². The van der Waals surface area contributed by atoms with Crippen LogP contribution in [0.5, 0.6) is 5.75 Å². The Labute approximate surface area is 232 Å². The van der Waals surface area contributed by atoms with Gasteiger partial charge in [-0.1, -0.05) is 54.7 Å². The van der Waals surface area contributed by atoms with E-state index in [0.717, 1.165) is 5.56 Å². The monoisotopic (exact) mass is 575 g/mol. The Morgan fingerprint density at radius 2 is 1.66 bits per heavy atom. The molecule has 0 fully saturated rings. The number of nitrogens with one attached hydrogen (secondary N) is 2. The van der Waals surface area contributed by atoms with Crippen LogP contribution in [0.15, 0.2) is 76.7 Å². The topological polar surface area (TPSA) is 114 Å². The average Bonchev–Trinajstić information content (AvgIpc) is 2.84. The van der Waals surface area contributed by atoms with Crippen molar-refractivity contribution in [2.45, 2.75) is 38.1 Å². The molecule has 0 aliphatic rings. The Balaban J connectivity index is 1.62. The molecule has 3 aromatic carbocycles. The van der Waals surface area contributed by atoms with Crippen LogP contribution < -0.4 is 14.9 Å². The summed E-state index contributed by atoms with van der Waals surface area (Å²) in [5.41, 5.74) is 4.10. The first-order valence-corrected chi connectivity index (χ1v) is 13.9. The number of amides is 1. The van der Waals surface area contributed by atoms with Gasteiger partial charge in [0.25, 0.3) is 5.91 Å². The van der Waals surface area contributed by atoms with Crippen molar-refractivity contribution in [3.63, 3.8) is 0 Å². The van der Waals surface area contributed by atoms with Crippen molar-refractivity contribution in [1.82, 2.24) is 10.1 Å². The number of esters is 1. The van der Waals surface area contributed by atoms with Crippen molar-refractivity contribution in [3.05, 3.63) is 93.5 Å². The SMILES string of the molecule is Cc1ccc(S(=O)(=O)N[C@@H](CC(C)C)C(=O)N/N=C\c2ccc(OC(=O)c3ccc(Cl)cc3Cl)cc2)cc1. The van der Waals surface area contributed by atoms with Crippen molar-refractivity contribution in [2.24, 2.45) is 11.0 Å². The molecular formula is C27H27Cl2N3O5S. The molecule has 0 aromatic heterocycles. The van der Waals surface area contributed by atoms with Crippen molar-refractivity contribution in [3.8, 4) is 5.75 Å². The van der Waals surface area contributed by atoms with Gasteiger partial charge in [-0.2, -0.15) is 9.82 Å². The molecule has 11 heteroatoms. The molecule has 38 heavy (non-hydrogen) atoms. The first kappa shape index (κ1) is 29.3. The van der Waals surface area contributed by atoms with E-state index in [1.807, 2.05) is 20.8 Å². The molecule has 0 radical (unpaired) electrons. The minimum atomic E-state index is -3.90. The maximum atomic E-state index is 12.8. The number of hydrazone groups is 1. The number of hydrogen-bond acceptors (Lipinski definition) is 6. The zero-order valence-corrected chi connectivity index (χ0v) is 23.3. The third kappa shape index (κ3) is 8.39.